The second-order valence-corrected chi connectivity index (χ2v) is 8.23. The van der Waals surface area contributed by atoms with E-state index in [0.717, 1.165) is 22.4 Å². The molecule has 0 saturated carbocycles. The molecule has 4 aromatic rings. The molecule has 1 unspecified atom stereocenters. The van der Waals surface area contributed by atoms with Crippen LogP contribution in [0.1, 0.15) is 22.4 Å². The van der Waals surface area contributed by atoms with Gasteiger partial charge in [-0.3, -0.25) is 4.79 Å². The molecule has 5 rings (SSSR count). The minimum Gasteiger partial charge on any atom is -0.347 e. The lowest BCUT2D eigenvalue weighted by atomic mass is 10.0. The number of aliphatic imine (C=N–C) groups is 1. The Morgan fingerprint density at radius 3 is 2.60 bits per heavy atom. The number of carbonyl (C=O) groups excluding carboxylic acids is 2. The molecule has 8 nitrogen and oxygen atoms in total. The number of anilines is 2. The van der Waals surface area contributed by atoms with E-state index in [1.807, 2.05) is 79.7 Å². The molecule has 3 N–H and O–H groups in total. The highest BCUT2D eigenvalue weighted by molar-refractivity contribution is 6.20. The van der Waals surface area contributed by atoms with Crippen LogP contribution in [0, 0.1) is 6.92 Å². The summed E-state index contributed by atoms with van der Waals surface area (Å²) in [6.45, 7) is 2.20. The van der Waals surface area contributed by atoms with Crippen molar-refractivity contribution in [1.82, 2.24) is 15.3 Å². The van der Waals surface area contributed by atoms with Gasteiger partial charge in [0.05, 0.1) is 30.0 Å². The molecule has 174 valence electrons. The molecule has 0 spiro atoms. The molecule has 1 aliphatic heterocycles. The highest BCUT2D eigenvalue weighted by atomic mass is 16.2. The molecule has 1 atom stereocenters. The van der Waals surface area contributed by atoms with Crippen molar-refractivity contribution in [3.8, 4) is 0 Å². The zero-order valence-electron chi connectivity index (χ0n) is 19.1. The number of rotatable bonds is 5. The van der Waals surface area contributed by atoms with Gasteiger partial charge in [0.25, 0.3) is 5.91 Å². The summed E-state index contributed by atoms with van der Waals surface area (Å²) in [6, 6.07) is 24.2. The molecule has 0 radical (unpaired) electrons. The number of amides is 3. The van der Waals surface area contributed by atoms with Crippen molar-refractivity contribution >= 4 is 29.0 Å². The van der Waals surface area contributed by atoms with E-state index in [0.29, 0.717) is 17.1 Å². The van der Waals surface area contributed by atoms with Crippen molar-refractivity contribution in [3.63, 3.8) is 0 Å². The third kappa shape index (κ3) is 4.81. The molecule has 2 heterocycles. The number of benzene rings is 3. The molecule has 0 aliphatic carbocycles. The van der Waals surface area contributed by atoms with Gasteiger partial charge in [-0.2, -0.15) is 0 Å². The van der Waals surface area contributed by atoms with Gasteiger partial charge in [0.15, 0.2) is 0 Å². The summed E-state index contributed by atoms with van der Waals surface area (Å²) in [5.41, 5.74) is 5.39. The first-order valence-electron chi connectivity index (χ1n) is 11.2. The van der Waals surface area contributed by atoms with E-state index in [1.165, 1.54) is 0 Å². The fourth-order valence-corrected chi connectivity index (χ4v) is 4.07. The first-order valence-corrected chi connectivity index (χ1v) is 11.2. The largest absolute Gasteiger partial charge is 0.347 e. The van der Waals surface area contributed by atoms with E-state index in [9.17, 15) is 9.59 Å². The van der Waals surface area contributed by atoms with Gasteiger partial charge in [-0.1, -0.05) is 60.7 Å². The molecular weight excluding hydrogens is 440 g/mol. The van der Waals surface area contributed by atoms with Crippen LogP contribution < -0.4 is 15.5 Å². The fraction of sp³-hybridized carbons (Fsp3) is 0.111. The fourth-order valence-electron chi connectivity index (χ4n) is 4.07. The number of urea groups is 1. The predicted octanol–water partition coefficient (Wildman–Crippen LogP) is 4.25. The number of aromatic amines is 1. The van der Waals surface area contributed by atoms with Crippen molar-refractivity contribution in [2.45, 2.75) is 19.6 Å². The lowest BCUT2D eigenvalue weighted by Crippen LogP contribution is -2.48. The standard InChI is InChI=1S/C27H24N6O2/c1-18-8-7-11-20(14-18)30-27(35)32-25-26(34)33(16-21-15-28-17-29-21)23-13-6-5-12-22(23)24(31-25)19-9-3-2-4-10-19/h2-15,17,25H,16H2,1H3,(H,28,29)(H2,30,32,35). The van der Waals surface area contributed by atoms with Gasteiger partial charge >= 0.3 is 6.03 Å². The van der Waals surface area contributed by atoms with Crippen molar-refractivity contribution in [2.75, 3.05) is 10.2 Å². The minimum atomic E-state index is -1.13. The quantitative estimate of drug-likeness (QED) is 0.411. The third-order valence-electron chi connectivity index (χ3n) is 5.68. The maximum atomic E-state index is 13.8. The number of fused-ring (bicyclic) bond motifs is 1. The Labute approximate surface area is 202 Å². The highest BCUT2D eigenvalue weighted by Gasteiger charge is 2.33. The minimum absolute atomic E-state index is 0.255. The van der Waals surface area contributed by atoms with E-state index < -0.39 is 12.2 Å². The van der Waals surface area contributed by atoms with Crippen molar-refractivity contribution in [1.29, 1.82) is 0 Å². The second-order valence-electron chi connectivity index (χ2n) is 8.23. The van der Waals surface area contributed by atoms with Crippen molar-refractivity contribution in [3.05, 3.63) is 114 Å². The monoisotopic (exact) mass is 464 g/mol. The van der Waals surface area contributed by atoms with Gasteiger partial charge in [-0.15, -0.1) is 0 Å². The molecule has 8 heteroatoms. The summed E-state index contributed by atoms with van der Waals surface area (Å²) in [5, 5.41) is 5.57. The van der Waals surface area contributed by atoms with Crippen LogP contribution in [0.3, 0.4) is 0 Å². The summed E-state index contributed by atoms with van der Waals surface area (Å²) < 4.78 is 0. The maximum absolute atomic E-state index is 13.8. The average Bonchev–Trinajstić information content (AvgIpc) is 3.35. The van der Waals surface area contributed by atoms with Crippen LogP contribution in [0.25, 0.3) is 0 Å². The molecule has 1 aromatic heterocycles. The zero-order chi connectivity index (χ0) is 24.2. The van der Waals surface area contributed by atoms with E-state index in [1.54, 1.807) is 23.5 Å². The molecule has 1 aliphatic rings. The number of nitrogens with one attached hydrogen (secondary N) is 3. The summed E-state index contributed by atoms with van der Waals surface area (Å²) in [4.78, 5) is 40.2. The predicted molar refractivity (Wildman–Crippen MR) is 135 cm³/mol. The van der Waals surface area contributed by atoms with Crippen LogP contribution in [0.15, 0.2) is 96.4 Å². The van der Waals surface area contributed by atoms with Gasteiger partial charge in [-0.05, 0) is 30.7 Å². The Bertz CT molecular complexity index is 1380. The molecular formula is C27H24N6O2. The van der Waals surface area contributed by atoms with Crippen LogP contribution >= 0.6 is 0 Å². The Hall–Kier alpha value is -4.72. The van der Waals surface area contributed by atoms with Gasteiger partial charge in [0, 0.05) is 23.0 Å². The Morgan fingerprint density at radius 1 is 1.03 bits per heavy atom. The Kier molecular flexibility index (Phi) is 6.09. The second kappa shape index (κ2) is 9.64. The third-order valence-corrected chi connectivity index (χ3v) is 5.68. The van der Waals surface area contributed by atoms with Gasteiger partial charge in [-0.25, -0.2) is 14.8 Å². The molecule has 35 heavy (non-hydrogen) atoms. The molecule has 0 bridgehead atoms. The number of imidazole rings is 1. The molecule has 0 fully saturated rings. The van der Waals surface area contributed by atoms with E-state index in [2.05, 4.69) is 20.6 Å². The number of hydrogen-bond acceptors (Lipinski definition) is 4. The SMILES string of the molecule is Cc1cccc(NC(=O)NC2N=C(c3ccccc3)c3ccccc3N(Cc3cnc[nH]3)C2=O)c1. The number of carbonyl (C=O) groups is 2. The zero-order valence-corrected chi connectivity index (χ0v) is 19.1. The van der Waals surface area contributed by atoms with Crippen LogP contribution in [0.5, 0.6) is 0 Å². The van der Waals surface area contributed by atoms with Gasteiger partial charge in [0.1, 0.15) is 0 Å². The normalized spacial score (nSPS) is 15.1. The first-order chi connectivity index (χ1) is 17.1. The number of nitrogens with zero attached hydrogens (tertiary/aromatic N) is 3. The first kappa shape index (κ1) is 22.1. The van der Waals surface area contributed by atoms with E-state index in [4.69, 9.17) is 4.99 Å². The highest BCUT2D eigenvalue weighted by Crippen LogP contribution is 2.29. The smallest absolute Gasteiger partial charge is 0.321 e. The van der Waals surface area contributed by atoms with Crippen LogP contribution in [-0.2, 0) is 11.3 Å². The summed E-state index contributed by atoms with van der Waals surface area (Å²) in [5.74, 6) is -0.350. The van der Waals surface area contributed by atoms with Crippen molar-refractivity contribution < 1.29 is 9.59 Å². The van der Waals surface area contributed by atoms with Crippen LogP contribution in [0.4, 0.5) is 16.2 Å². The number of para-hydroxylation sites is 1. The topological polar surface area (TPSA) is 102 Å². The molecule has 3 aromatic carbocycles. The summed E-state index contributed by atoms with van der Waals surface area (Å²) in [6.07, 6.45) is 2.11. The Balaban J connectivity index is 1.54. The lowest BCUT2D eigenvalue weighted by molar-refractivity contribution is -0.120. The van der Waals surface area contributed by atoms with Crippen LogP contribution in [0.2, 0.25) is 0 Å². The summed E-state index contributed by atoms with van der Waals surface area (Å²) >= 11 is 0. The summed E-state index contributed by atoms with van der Waals surface area (Å²) in [7, 11) is 0. The molecule has 0 saturated heterocycles. The number of aryl methyl sites for hydroxylation is 1. The van der Waals surface area contributed by atoms with E-state index in [-0.39, 0.29) is 12.5 Å². The number of aromatic nitrogens is 2. The van der Waals surface area contributed by atoms with Crippen LogP contribution in [-0.4, -0.2) is 33.8 Å². The Morgan fingerprint density at radius 2 is 1.83 bits per heavy atom. The van der Waals surface area contributed by atoms with Gasteiger partial charge < -0.3 is 20.5 Å². The number of H-pyrrole nitrogens is 1. The maximum Gasteiger partial charge on any atom is 0.321 e. The lowest BCUT2D eigenvalue weighted by Gasteiger charge is -2.25. The van der Waals surface area contributed by atoms with Gasteiger partial charge in [0.2, 0.25) is 6.17 Å². The molecule has 3 amide bonds. The van der Waals surface area contributed by atoms with E-state index >= 15 is 0 Å². The number of hydrogen-bond donors (Lipinski definition) is 3. The number of benzodiazepines with no additional fused rings is 1. The average molecular weight is 465 g/mol. The van der Waals surface area contributed by atoms with Crippen molar-refractivity contribution in [2.24, 2.45) is 4.99 Å².